The van der Waals surface area contributed by atoms with Crippen LogP contribution in [0.15, 0.2) is 267 Å². The van der Waals surface area contributed by atoms with E-state index in [4.69, 9.17) is 0 Å². The standard InChI is InChI=1S/C68H56N4/c1-7-21-51(22-8-1)67(53-35-39-61(40-36-53)71(59-31-15-5-16-32-59)63-43-45-65-55(49-63)25-19-47-69(65)57-27-11-3-12-28-57)68(52-23-9-2-10-24-52)54-37-41-62(42-38-54)72(60-33-17-6-18-34-60)64-44-46-66-56(50-64)26-20-48-70(66)58-29-13-4-14-30-58/h1-18,21-24,27-46,49-50H,19-20,25-26,47-48H2/b68-67+. The third-order valence-electron chi connectivity index (χ3n) is 14.2. The van der Waals surface area contributed by atoms with E-state index in [1.165, 1.54) is 45.0 Å². The highest BCUT2D eigenvalue weighted by Gasteiger charge is 2.24. The van der Waals surface area contributed by atoms with Crippen molar-refractivity contribution in [1.82, 2.24) is 0 Å². The highest BCUT2D eigenvalue weighted by atomic mass is 15.2. The zero-order valence-corrected chi connectivity index (χ0v) is 40.4. The molecule has 0 aromatic heterocycles. The van der Waals surface area contributed by atoms with Gasteiger partial charge in [0.05, 0.1) is 0 Å². The fourth-order valence-electron chi connectivity index (χ4n) is 10.9. The van der Waals surface area contributed by atoms with Crippen molar-refractivity contribution in [2.75, 3.05) is 32.7 Å². The molecule has 0 saturated carbocycles. The van der Waals surface area contributed by atoms with Crippen molar-refractivity contribution in [3.8, 4) is 0 Å². The number of hydrogen-bond donors (Lipinski definition) is 0. The van der Waals surface area contributed by atoms with Crippen molar-refractivity contribution < 1.29 is 0 Å². The second kappa shape index (κ2) is 20.2. The van der Waals surface area contributed by atoms with Crippen LogP contribution >= 0.6 is 0 Å². The van der Waals surface area contributed by atoms with Gasteiger partial charge in [-0.05, 0) is 179 Å². The number of aryl methyl sites for hydroxylation is 2. The minimum absolute atomic E-state index is 1.02. The molecule has 0 amide bonds. The molecule has 4 heteroatoms. The van der Waals surface area contributed by atoms with E-state index >= 15 is 0 Å². The number of rotatable bonds is 12. The lowest BCUT2D eigenvalue weighted by atomic mass is 9.85. The minimum atomic E-state index is 1.02. The van der Waals surface area contributed by atoms with E-state index < -0.39 is 0 Å². The molecule has 0 aliphatic carbocycles. The summed E-state index contributed by atoms with van der Waals surface area (Å²) in [6.07, 6.45) is 4.33. The summed E-state index contributed by atoms with van der Waals surface area (Å²) in [5, 5.41) is 0. The molecular formula is C68H56N4. The molecule has 10 aromatic carbocycles. The van der Waals surface area contributed by atoms with E-state index in [-0.39, 0.29) is 0 Å². The van der Waals surface area contributed by atoms with E-state index in [0.717, 1.165) is 95.2 Å². The maximum Gasteiger partial charge on any atom is 0.0465 e. The van der Waals surface area contributed by atoms with Crippen molar-refractivity contribution in [3.05, 3.63) is 300 Å². The molecule has 72 heavy (non-hydrogen) atoms. The lowest BCUT2D eigenvalue weighted by Crippen LogP contribution is -2.24. The van der Waals surface area contributed by atoms with E-state index in [0.29, 0.717) is 0 Å². The molecule has 4 nitrogen and oxygen atoms in total. The highest BCUT2D eigenvalue weighted by molar-refractivity contribution is 6.05. The first kappa shape index (κ1) is 44.4. The van der Waals surface area contributed by atoms with Crippen LogP contribution in [0, 0.1) is 0 Å². The Bertz CT molecular complexity index is 3200. The Labute approximate surface area is 424 Å². The van der Waals surface area contributed by atoms with Gasteiger partial charge in [0.1, 0.15) is 0 Å². The van der Waals surface area contributed by atoms with Gasteiger partial charge in [0, 0.05) is 70.0 Å². The molecule has 0 N–H and O–H groups in total. The molecule has 2 aliphatic rings. The summed E-state index contributed by atoms with van der Waals surface area (Å²) >= 11 is 0. The zero-order valence-electron chi connectivity index (χ0n) is 40.4. The normalized spacial score (nSPS) is 13.4. The summed E-state index contributed by atoms with van der Waals surface area (Å²) in [4.78, 5) is 9.73. The second-order valence-corrected chi connectivity index (χ2v) is 18.7. The Hall–Kier alpha value is -8.86. The van der Waals surface area contributed by atoms with Gasteiger partial charge < -0.3 is 19.6 Å². The second-order valence-electron chi connectivity index (χ2n) is 18.7. The quantitative estimate of drug-likeness (QED) is 0.113. The molecular weight excluding hydrogens is 873 g/mol. The average Bonchev–Trinajstić information content (AvgIpc) is 3.46. The average molecular weight is 929 g/mol. The molecule has 0 saturated heterocycles. The van der Waals surface area contributed by atoms with Crippen molar-refractivity contribution in [1.29, 1.82) is 0 Å². The number of para-hydroxylation sites is 4. The summed E-state index contributed by atoms with van der Waals surface area (Å²) in [5.41, 5.74) is 21.6. The molecule has 0 unspecified atom stereocenters. The molecule has 2 aliphatic heterocycles. The first-order valence-corrected chi connectivity index (χ1v) is 25.4. The van der Waals surface area contributed by atoms with Crippen LogP contribution in [0.2, 0.25) is 0 Å². The van der Waals surface area contributed by atoms with Gasteiger partial charge in [0.2, 0.25) is 0 Å². The summed E-state index contributed by atoms with van der Waals surface area (Å²) in [7, 11) is 0. The van der Waals surface area contributed by atoms with E-state index in [9.17, 15) is 0 Å². The van der Waals surface area contributed by atoms with Crippen LogP contribution in [0.5, 0.6) is 0 Å². The molecule has 0 radical (unpaired) electrons. The molecule has 2 heterocycles. The Morgan fingerprint density at radius 3 is 0.931 bits per heavy atom. The maximum atomic E-state index is 2.47. The minimum Gasteiger partial charge on any atom is -0.341 e. The van der Waals surface area contributed by atoms with E-state index in [1.54, 1.807) is 0 Å². The highest BCUT2D eigenvalue weighted by Crippen LogP contribution is 2.45. The molecule has 0 fully saturated rings. The summed E-state index contributed by atoms with van der Waals surface area (Å²) < 4.78 is 0. The third-order valence-corrected chi connectivity index (χ3v) is 14.2. The largest absolute Gasteiger partial charge is 0.341 e. The van der Waals surface area contributed by atoms with Gasteiger partial charge in [-0.1, -0.05) is 158 Å². The van der Waals surface area contributed by atoms with Crippen LogP contribution in [0.3, 0.4) is 0 Å². The van der Waals surface area contributed by atoms with Gasteiger partial charge in [0.15, 0.2) is 0 Å². The third kappa shape index (κ3) is 8.96. The number of nitrogens with zero attached hydrogens (tertiary/aromatic N) is 4. The lowest BCUT2D eigenvalue weighted by Gasteiger charge is -2.33. The van der Waals surface area contributed by atoms with Crippen molar-refractivity contribution in [2.24, 2.45) is 0 Å². The molecule has 348 valence electrons. The zero-order chi connectivity index (χ0) is 48.1. The van der Waals surface area contributed by atoms with Gasteiger partial charge in [0.25, 0.3) is 0 Å². The predicted molar refractivity (Wildman–Crippen MR) is 304 cm³/mol. The molecule has 0 atom stereocenters. The van der Waals surface area contributed by atoms with Gasteiger partial charge in [-0.2, -0.15) is 0 Å². The summed E-state index contributed by atoms with van der Waals surface area (Å²) in [6.45, 7) is 2.03. The smallest absolute Gasteiger partial charge is 0.0465 e. The van der Waals surface area contributed by atoms with Gasteiger partial charge in [-0.25, -0.2) is 0 Å². The Kier molecular flexibility index (Phi) is 12.5. The van der Waals surface area contributed by atoms with Crippen LogP contribution in [-0.2, 0) is 12.8 Å². The fourth-order valence-corrected chi connectivity index (χ4v) is 10.9. The van der Waals surface area contributed by atoms with Gasteiger partial charge >= 0.3 is 0 Å². The van der Waals surface area contributed by atoms with E-state index in [2.05, 4.69) is 287 Å². The predicted octanol–water partition coefficient (Wildman–Crippen LogP) is 17.8. The van der Waals surface area contributed by atoms with Crippen molar-refractivity contribution in [3.63, 3.8) is 0 Å². The lowest BCUT2D eigenvalue weighted by molar-refractivity contribution is 0.767. The number of benzene rings is 10. The molecule has 0 spiro atoms. The SMILES string of the molecule is c1ccc(/C(=C(/c2ccccc2)c2ccc(N(c3ccccc3)c3ccc4c(c3)CCCN4c3ccccc3)cc2)c2ccc(N(c3ccccc3)c3ccc4c(c3)CCCN4c3ccccc3)cc2)cc1. The van der Waals surface area contributed by atoms with Crippen molar-refractivity contribution in [2.45, 2.75) is 25.7 Å². The Morgan fingerprint density at radius 2 is 0.569 bits per heavy atom. The number of fused-ring (bicyclic) bond motifs is 2. The van der Waals surface area contributed by atoms with Crippen LogP contribution in [0.25, 0.3) is 11.1 Å². The topological polar surface area (TPSA) is 13.0 Å². The van der Waals surface area contributed by atoms with Crippen LogP contribution in [0.4, 0.5) is 56.9 Å². The van der Waals surface area contributed by atoms with Crippen LogP contribution in [-0.4, -0.2) is 13.1 Å². The maximum absolute atomic E-state index is 2.47. The first-order valence-electron chi connectivity index (χ1n) is 25.4. The monoisotopic (exact) mass is 928 g/mol. The van der Waals surface area contributed by atoms with Gasteiger partial charge in [-0.3, -0.25) is 0 Å². The molecule has 0 bridgehead atoms. The van der Waals surface area contributed by atoms with Crippen LogP contribution in [0.1, 0.15) is 46.2 Å². The van der Waals surface area contributed by atoms with Crippen LogP contribution < -0.4 is 19.6 Å². The molecule has 10 aromatic rings. The summed E-state index contributed by atoms with van der Waals surface area (Å²) in [5.74, 6) is 0. The molecule has 12 rings (SSSR count). The number of anilines is 10. The Balaban J connectivity index is 0.945. The summed E-state index contributed by atoms with van der Waals surface area (Å²) in [6, 6.07) is 97.4. The number of hydrogen-bond acceptors (Lipinski definition) is 4. The van der Waals surface area contributed by atoms with Crippen molar-refractivity contribution >= 4 is 68.0 Å². The van der Waals surface area contributed by atoms with Gasteiger partial charge in [-0.15, -0.1) is 0 Å². The first-order chi connectivity index (χ1) is 35.7. The van der Waals surface area contributed by atoms with E-state index in [1.807, 2.05) is 0 Å². The fraction of sp³-hybridized carbons (Fsp3) is 0.0882. The Morgan fingerprint density at radius 1 is 0.278 bits per heavy atom.